The maximum atomic E-state index is 14.0. The number of nitrogens with zero attached hydrogens (tertiary/aromatic N) is 4. The lowest BCUT2D eigenvalue weighted by atomic mass is 9.97. The number of aromatic nitrogens is 1. The van der Waals surface area contributed by atoms with E-state index in [1.807, 2.05) is 56.5 Å². The highest BCUT2D eigenvalue weighted by molar-refractivity contribution is 7.89. The summed E-state index contributed by atoms with van der Waals surface area (Å²) in [7, 11) is -4.03. The fourth-order valence-electron chi connectivity index (χ4n) is 5.71. The third-order valence-electron chi connectivity index (χ3n) is 8.11. The minimum Gasteiger partial charge on any atom is -0.399 e. The van der Waals surface area contributed by atoms with Gasteiger partial charge in [-0.15, -0.1) is 11.3 Å². The number of amides is 4. The molecular weight excluding hydrogens is 653 g/mol. The molecule has 1 aliphatic rings. The van der Waals surface area contributed by atoms with Crippen LogP contribution >= 0.6 is 11.3 Å². The van der Waals surface area contributed by atoms with Crippen LogP contribution in [-0.2, 0) is 39.0 Å². The summed E-state index contributed by atoms with van der Waals surface area (Å²) in [5, 5.41) is 17.3. The molecule has 1 aliphatic heterocycles. The van der Waals surface area contributed by atoms with Crippen LogP contribution in [0, 0.1) is 11.8 Å². The van der Waals surface area contributed by atoms with Gasteiger partial charge in [-0.2, -0.15) is 4.31 Å². The van der Waals surface area contributed by atoms with Crippen molar-refractivity contribution in [1.82, 2.24) is 24.4 Å². The molecule has 0 spiro atoms. The van der Waals surface area contributed by atoms with Crippen LogP contribution < -0.4 is 11.1 Å². The van der Waals surface area contributed by atoms with Crippen molar-refractivity contribution in [1.29, 1.82) is 0 Å². The summed E-state index contributed by atoms with van der Waals surface area (Å²) in [6, 6.07) is 12.6. The molecule has 0 saturated carbocycles. The van der Waals surface area contributed by atoms with E-state index in [9.17, 15) is 27.9 Å². The normalized spacial score (nSPS) is 15.9. The number of nitrogens with one attached hydrogen (secondary N) is 1. The second kappa shape index (κ2) is 16.0. The minimum absolute atomic E-state index is 0.0145. The first-order valence-electron chi connectivity index (χ1n) is 16.1. The third kappa shape index (κ3) is 8.98. The Morgan fingerprint density at radius 2 is 1.73 bits per heavy atom. The van der Waals surface area contributed by atoms with Gasteiger partial charge in [-0.1, -0.05) is 65.0 Å². The molecule has 0 bridgehead atoms. The summed E-state index contributed by atoms with van der Waals surface area (Å²) in [5.41, 5.74) is 7.63. The molecule has 2 aromatic carbocycles. The molecule has 12 nitrogen and oxygen atoms in total. The largest absolute Gasteiger partial charge is 0.399 e. The molecule has 1 fully saturated rings. The van der Waals surface area contributed by atoms with E-state index in [1.54, 1.807) is 13.8 Å². The second-order valence-electron chi connectivity index (χ2n) is 12.8. The molecule has 1 unspecified atom stereocenters. The van der Waals surface area contributed by atoms with E-state index in [0.29, 0.717) is 11.4 Å². The second-order valence-corrected chi connectivity index (χ2v) is 15.7. The quantitative estimate of drug-likeness (QED) is 0.151. The van der Waals surface area contributed by atoms with Crippen molar-refractivity contribution in [2.24, 2.45) is 11.8 Å². The molecule has 0 aliphatic carbocycles. The Balaban J connectivity index is 1.58. The number of nitrogens with two attached hydrogens (primary N) is 1. The molecule has 48 heavy (non-hydrogen) atoms. The lowest BCUT2D eigenvalue weighted by molar-refractivity contribution is -0.129. The van der Waals surface area contributed by atoms with Crippen molar-refractivity contribution in [2.75, 3.05) is 25.4 Å². The maximum absolute atomic E-state index is 14.0. The number of urea groups is 1. The maximum Gasteiger partial charge on any atom is 0.328 e. The van der Waals surface area contributed by atoms with E-state index >= 15 is 0 Å². The van der Waals surface area contributed by atoms with Crippen LogP contribution in [0.25, 0.3) is 0 Å². The molecule has 3 atom stereocenters. The van der Waals surface area contributed by atoms with Crippen LogP contribution in [0.3, 0.4) is 0 Å². The molecule has 1 saturated heterocycles. The highest BCUT2D eigenvalue weighted by Gasteiger charge is 2.44. The summed E-state index contributed by atoms with van der Waals surface area (Å²) in [5.74, 6) is -1.42. The molecule has 4 rings (SSSR count). The highest BCUT2D eigenvalue weighted by atomic mass is 32.2. The van der Waals surface area contributed by atoms with Gasteiger partial charge in [-0.05, 0) is 54.5 Å². The van der Waals surface area contributed by atoms with Gasteiger partial charge in [0.1, 0.15) is 12.6 Å². The molecule has 4 amide bonds. The highest BCUT2D eigenvalue weighted by Crippen LogP contribution is 2.24. The lowest BCUT2D eigenvalue weighted by Crippen LogP contribution is -2.57. The number of hydrogen-bond acceptors (Lipinski definition) is 9. The number of sulfonamides is 1. The van der Waals surface area contributed by atoms with Gasteiger partial charge in [0.05, 0.1) is 34.3 Å². The molecular formula is C34H46N6O6S2. The predicted octanol–water partition coefficient (Wildman–Crippen LogP) is 3.51. The van der Waals surface area contributed by atoms with Crippen LogP contribution in [-0.4, -0.2) is 88.3 Å². The van der Waals surface area contributed by atoms with Crippen molar-refractivity contribution in [3.63, 3.8) is 0 Å². The van der Waals surface area contributed by atoms with E-state index in [4.69, 9.17) is 5.73 Å². The van der Waals surface area contributed by atoms with Gasteiger partial charge in [0.15, 0.2) is 0 Å². The Bertz CT molecular complexity index is 1660. The fourth-order valence-corrected chi connectivity index (χ4v) is 8.06. The first-order valence-corrected chi connectivity index (χ1v) is 18.5. The lowest BCUT2D eigenvalue weighted by Gasteiger charge is -2.34. The van der Waals surface area contributed by atoms with E-state index in [1.165, 1.54) is 44.8 Å². The molecule has 14 heteroatoms. The van der Waals surface area contributed by atoms with Gasteiger partial charge >= 0.3 is 6.03 Å². The van der Waals surface area contributed by atoms with Crippen molar-refractivity contribution in [3.8, 4) is 0 Å². The fraction of sp³-hybridized carbons (Fsp3) is 0.471. The van der Waals surface area contributed by atoms with Crippen LogP contribution in [0.2, 0.25) is 0 Å². The Hall–Kier alpha value is -3.85. The predicted molar refractivity (Wildman–Crippen MR) is 185 cm³/mol. The van der Waals surface area contributed by atoms with E-state index in [0.717, 1.165) is 21.9 Å². The van der Waals surface area contributed by atoms with Crippen LogP contribution in [0.5, 0.6) is 0 Å². The van der Waals surface area contributed by atoms with E-state index < -0.39 is 46.1 Å². The summed E-state index contributed by atoms with van der Waals surface area (Å²) < 4.78 is 28.7. The number of anilines is 1. The molecule has 0 radical (unpaired) electrons. The number of thiazole rings is 1. The minimum atomic E-state index is -4.03. The van der Waals surface area contributed by atoms with Gasteiger partial charge in [0.2, 0.25) is 15.9 Å². The van der Waals surface area contributed by atoms with Crippen LogP contribution in [0.4, 0.5) is 10.5 Å². The summed E-state index contributed by atoms with van der Waals surface area (Å²) >= 11 is 1.46. The number of aryl methyl sites for hydroxylation is 1. The first kappa shape index (κ1) is 37.0. The van der Waals surface area contributed by atoms with Gasteiger partial charge in [0, 0.05) is 24.2 Å². The molecule has 260 valence electrons. The number of aliphatic hydroxyl groups excluding tert-OH is 1. The van der Waals surface area contributed by atoms with E-state index in [-0.39, 0.29) is 49.3 Å². The number of benzene rings is 2. The smallest absolute Gasteiger partial charge is 0.328 e. The Morgan fingerprint density at radius 3 is 2.31 bits per heavy atom. The number of hydrogen-bond donors (Lipinski definition) is 3. The van der Waals surface area contributed by atoms with Crippen molar-refractivity contribution >= 4 is 44.9 Å². The van der Waals surface area contributed by atoms with Crippen LogP contribution in [0.15, 0.2) is 64.9 Å². The Labute approximate surface area is 287 Å². The summed E-state index contributed by atoms with van der Waals surface area (Å²) in [6.07, 6.45) is -0.389. The average molecular weight is 699 g/mol. The van der Waals surface area contributed by atoms with Crippen molar-refractivity contribution < 1.29 is 27.9 Å². The van der Waals surface area contributed by atoms with E-state index in [2.05, 4.69) is 10.3 Å². The number of aliphatic hydroxyl groups is 1. The standard InChI is InChI=1S/C34H46N6O6S2/c1-6-30-36-26(21-47-30)18-39-31(42)20-40(34(39)44)32(23(4)5)33(43)37-28(16-24-10-8-7-9-11-24)29(41)19-38(17-22(2)3)48(45,46)27-14-12-25(35)13-15-27/h7-15,21-23,28-29,32,41H,6,16-20,35H2,1-5H3,(H,37,43)/t28-,29+,32?/m0/s1. The number of rotatable bonds is 16. The summed E-state index contributed by atoms with van der Waals surface area (Å²) in [4.78, 5) is 47.5. The van der Waals surface area contributed by atoms with Gasteiger partial charge in [0.25, 0.3) is 5.91 Å². The van der Waals surface area contributed by atoms with Gasteiger partial charge in [-0.25, -0.2) is 18.2 Å². The van der Waals surface area contributed by atoms with Gasteiger partial charge in [-0.3, -0.25) is 14.5 Å². The average Bonchev–Trinajstić information content (AvgIpc) is 3.60. The monoisotopic (exact) mass is 698 g/mol. The van der Waals surface area contributed by atoms with Crippen LogP contribution in [0.1, 0.15) is 50.9 Å². The third-order valence-corrected chi connectivity index (χ3v) is 11.0. The summed E-state index contributed by atoms with van der Waals surface area (Å²) in [6.45, 7) is 8.88. The molecule has 2 heterocycles. The molecule has 4 N–H and O–H groups in total. The zero-order chi connectivity index (χ0) is 35.2. The number of carbonyl (C=O) groups is 3. The molecule has 3 aromatic rings. The Kier molecular flexibility index (Phi) is 12.4. The van der Waals surface area contributed by atoms with Gasteiger partial charge < -0.3 is 21.1 Å². The topological polar surface area (TPSA) is 166 Å². The Morgan fingerprint density at radius 1 is 1.06 bits per heavy atom. The zero-order valence-electron chi connectivity index (χ0n) is 28.1. The SMILES string of the molecule is CCc1nc(CN2C(=O)CN(C(C(=O)N[C@@H](Cc3ccccc3)[C@H](O)CN(CC(C)C)S(=O)(=O)c3ccc(N)cc3)C(C)C)C2=O)cs1. The number of imide groups is 1. The zero-order valence-corrected chi connectivity index (χ0v) is 29.7. The number of nitrogen functional groups attached to an aromatic ring is 1. The first-order chi connectivity index (χ1) is 22.7. The van der Waals surface area contributed by atoms with Crippen molar-refractivity contribution in [3.05, 3.63) is 76.2 Å². The molecule has 1 aromatic heterocycles. The number of carbonyl (C=O) groups excluding carboxylic acids is 3. The van der Waals surface area contributed by atoms with Crippen molar-refractivity contribution in [2.45, 2.75) is 77.1 Å².